The van der Waals surface area contributed by atoms with Gasteiger partial charge in [0.05, 0.1) is 59.0 Å². The Balaban J connectivity index is 0. The molecule has 0 unspecified atom stereocenters. The van der Waals surface area contributed by atoms with Gasteiger partial charge in [-0.15, -0.1) is 0 Å². The van der Waals surface area contributed by atoms with Crippen molar-refractivity contribution in [2.24, 2.45) is 0 Å². The van der Waals surface area contributed by atoms with Crippen LogP contribution in [0.2, 0.25) is 0 Å². The number of rotatable bonds is 36. The number of hydrogen-bond donors (Lipinski definition) is 3. The maximum atomic E-state index is 13.9. The zero-order chi connectivity index (χ0) is 52.2. The van der Waals surface area contributed by atoms with Crippen LogP contribution in [-0.2, 0) is 45.2 Å². The quantitative estimate of drug-likeness (QED) is 0.0480. The van der Waals surface area contributed by atoms with Crippen LogP contribution in [0.1, 0.15) is 129 Å². The molecule has 0 bridgehead atoms. The number of likely N-dealkylation sites (N-methyl/N-ethyl adjacent to an activating group) is 2. The number of hydrogen-bond acceptors (Lipinski definition) is 11. The van der Waals surface area contributed by atoms with Crippen LogP contribution in [0.3, 0.4) is 0 Å². The number of unbranched alkanes of at least 4 members (excludes halogenated alkanes) is 7. The van der Waals surface area contributed by atoms with Crippen LogP contribution in [0.25, 0.3) is 0 Å². The third-order valence-electron chi connectivity index (χ3n) is 10.4. The number of benzene rings is 3. The first-order chi connectivity index (χ1) is 34.1. The minimum atomic E-state index is -1.16. The number of amides is 1. The molecule has 0 saturated carbocycles. The zero-order valence-electron chi connectivity index (χ0n) is 45.3. The molecule has 12 heteroatoms. The van der Waals surface area contributed by atoms with Gasteiger partial charge in [0, 0.05) is 59.7 Å². The Labute approximate surface area is 427 Å². The molecule has 0 heterocycles. The molecule has 0 aliphatic rings. The maximum absolute atomic E-state index is 13.9. The van der Waals surface area contributed by atoms with Crippen LogP contribution in [0.5, 0.6) is 0 Å². The number of ether oxygens (including phenoxy) is 6. The molecule has 403 valence electrons. The number of carbonyl (C=O) groups is 1. The SMILES string of the molecule is CC(C)OCCO.CCCCCCOCCCCCC.CCCOCCO.CCOC(C(=O)N(C)CCN(C)CCc1ccccc1)(c1ccccc1)c1ccccc1.[CH2]CCCOCCOCCO. The van der Waals surface area contributed by atoms with Crippen molar-refractivity contribution in [3.63, 3.8) is 0 Å². The summed E-state index contributed by atoms with van der Waals surface area (Å²) in [5, 5.41) is 24.7. The fraction of sp³-hybridized carbons (Fsp3) is 0.655. The summed E-state index contributed by atoms with van der Waals surface area (Å²) in [5.74, 6) is -0.0480. The largest absolute Gasteiger partial charge is 0.394 e. The summed E-state index contributed by atoms with van der Waals surface area (Å²) >= 11 is 0. The van der Waals surface area contributed by atoms with E-state index in [0.717, 1.165) is 76.3 Å². The molecule has 3 N–H and O–H groups in total. The average Bonchev–Trinajstić information content (AvgIpc) is 3.39. The topological polar surface area (TPSA) is 140 Å². The Morgan fingerprint density at radius 3 is 1.43 bits per heavy atom. The van der Waals surface area contributed by atoms with E-state index in [2.05, 4.69) is 57.0 Å². The highest BCUT2D eigenvalue weighted by atomic mass is 16.5. The molecule has 3 aromatic carbocycles. The summed E-state index contributed by atoms with van der Waals surface area (Å²) in [6.07, 6.45) is 14.7. The molecule has 0 aliphatic heterocycles. The van der Waals surface area contributed by atoms with E-state index in [1.165, 1.54) is 56.9 Å². The fourth-order valence-electron chi connectivity index (χ4n) is 6.53. The van der Waals surface area contributed by atoms with Gasteiger partial charge in [0.25, 0.3) is 5.91 Å². The van der Waals surface area contributed by atoms with Crippen molar-refractivity contribution < 1.29 is 48.5 Å². The van der Waals surface area contributed by atoms with E-state index in [4.69, 9.17) is 43.7 Å². The summed E-state index contributed by atoms with van der Waals surface area (Å²) in [7, 11) is 3.97. The van der Waals surface area contributed by atoms with E-state index >= 15 is 0 Å². The van der Waals surface area contributed by atoms with E-state index in [0.29, 0.717) is 46.2 Å². The average molecular weight is 986 g/mol. The lowest BCUT2D eigenvalue weighted by molar-refractivity contribution is -0.153. The lowest BCUT2D eigenvalue weighted by atomic mass is 9.84. The lowest BCUT2D eigenvalue weighted by Gasteiger charge is -2.37. The zero-order valence-corrected chi connectivity index (χ0v) is 45.3. The molecule has 0 saturated heterocycles. The number of aliphatic hydroxyl groups excluding tert-OH is 3. The Morgan fingerprint density at radius 2 is 1.00 bits per heavy atom. The van der Waals surface area contributed by atoms with Crippen LogP contribution >= 0.6 is 0 Å². The maximum Gasteiger partial charge on any atom is 0.263 e. The molecular formula is C58H101N2O10. The summed E-state index contributed by atoms with van der Waals surface area (Å²) in [4.78, 5) is 18.0. The summed E-state index contributed by atoms with van der Waals surface area (Å²) in [5.41, 5.74) is 1.87. The number of carbonyl (C=O) groups excluding carboxylic acids is 1. The minimum absolute atomic E-state index is 0.0480. The van der Waals surface area contributed by atoms with Gasteiger partial charge < -0.3 is 53.5 Å². The van der Waals surface area contributed by atoms with Crippen molar-refractivity contribution in [1.29, 1.82) is 0 Å². The van der Waals surface area contributed by atoms with Gasteiger partial charge in [-0.25, -0.2) is 0 Å². The second-order valence-corrected chi connectivity index (χ2v) is 17.0. The van der Waals surface area contributed by atoms with E-state index < -0.39 is 5.60 Å². The van der Waals surface area contributed by atoms with Crippen LogP contribution in [0, 0.1) is 6.92 Å². The van der Waals surface area contributed by atoms with Crippen LogP contribution in [0.15, 0.2) is 91.0 Å². The lowest BCUT2D eigenvalue weighted by Crippen LogP contribution is -2.49. The van der Waals surface area contributed by atoms with E-state index in [9.17, 15) is 4.79 Å². The summed E-state index contributed by atoms with van der Waals surface area (Å²) < 4.78 is 31.8. The molecule has 0 spiro atoms. The van der Waals surface area contributed by atoms with Crippen LogP contribution in [0.4, 0.5) is 0 Å². The molecule has 3 rings (SSSR count). The first-order valence-electron chi connectivity index (χ1n) is 26.4. The monoisotopic (exact) mass is 986 g/mol. The van der Waals surface area contributed by atoms with Gasteiger partial charge in [0.1, 0.15) is 0 Å². The van der Waals surface area contributed by atoms with Crippen molar-refractivity contribution in [3.8, 4) is 0 Å². The standard InChI is InChI=1S/C28H34N2O2.C12H26O.C8H17O3.2C5H12O2/c1-4-32-28(25-16-10-6-11-17-25,26-18-12-7-13-19-26)27(31)30(3)23-22-29(2)21-20-24-14-8-5-9-15-24;1-3-5-7-9-11-13-12-10-8-6-4-2;1-2-3-5-10-7-8-11-6-4-9;1-5(2)7-4-3-6;1-2-4-7-5-3-6/h5-19H,4,20-23H2,1-3H3;3-12H2,1-2H3;9H,1-8H2;5-6H,3-4H2,1-2H3;6H,2-5H2,1H3. The van der Waals surface area contributed by atoms with E-state index in [-0.39, 0.29) is 31.8 Å². The second kappa shape index (κ2) is 52.1. The molecule has 3 aromatic rings. The highest BCUT2D eigenvalue weighted by Crippen LogP contribution is 2.35. The first-order valence-corrected chi connectivity index (χ1v) is 26.4. The highest BCUT2D eigenvalue weighted by Gasteiger charge is 2.44. The van der Waals surface area contributed by atoms with Gasteiger partial charge >= 0.3 is 0 Å². The Hall–Kier alpha value is -3.27. The number of aliphatic hydroxyl groups is 3. The van der Waals surface area contributed by atoms with Crippen molar-refractivity contribution in [1.82, 2.24) is 9.80 Å². The van der Waals surface area contributed by atoms with Crippen molar-refractivity contribution >= 4 is 5.91 Å². The van der Waals surface area contributed by atoms with Gasteiger partial charge in [-0.3, -0.25) is 4.79 Å². The smallest absolute Gasteiger partial charge is 0.263 e. The first kappa shape index (κ1) is 68.8. The minimum Gasteiger partial charge on any atom is -0.394 e. The number of nitrogens with zero attached hydrogens (tertiary/aromatic N) is 2. The Morgan fingerprint density at radius 1 is 0.543 bits per heavy atom. The molecule has 0 aromatic heterocycles. The molecule has 12 nitrogen and oxygen atoms in total. The molecule has 1 radical (unpaired) electrons. The Kier molecular flexibility index (Phi) is 51.2. The van der Waals surface area contributed by atoms with Crippen molar-refractivity contribution in [2.75, 3.05) is 120 Å². The van der Waals surface area contributed by atoms with Crippen molar-refractivity contribution in [3.05, 3.63) is 115 Å². The van der Waals surface area contributed by atoms with Gasteiger partial charge in [0.15, 0.2) is 5.60 Å². The molecule has 0 fully saturated rings. The molecule has 70 heavy (non-hydrogen) atoms. The van der Waals surface area contributed by atoms with Crippen LogP contribution in [-0.4, -0.2) is 157 Å². The van der Waals surface area contributed by atoms with Gasteiger partial charge in [0.2, 0.25) is 0 Å². The van der Waals surface area contributed by atoms with Gasteiger partial charge in [-0.05, 0) is 76.6 Å². The fourth-order valence-corrected chi connectivity index (χ4v) is 6.53. The summed E-state index contributed by atoms with van der Waals surface area (Å²) in [6.45, 7) is 25.2. The third kappa shape index (κ3) is 38.4. The van der Waals surface area contributed by atoms with Crippen molar-refractivity contribution in [2.45, 2.75) is 130 Å². The van der Waals surface area contributed by atoms with E-state index in [1.807, 2.05) is 101 Å². The molecular weight excluding hydrogens is 885 g/mol. The van der Waals surface area contributed by atoms with Gasteiger partial charge in [-0.1, -0.05) is 164 Å². The van der Waals surface area contributed by atoms with E-state index in [1.54, 1.807) is 4.90 Å². The predicted octanol–water partition coefficient (Wildman–Crippen LogP) is 10.2. The van der Waals surface area contributed by atoms with Crippen LogP contribution < -0.4 is 0 Å². The molecule has 1 amide bonds. The summed E-state index contributed by atoms with van der Waals surface area (Å²) in [6, 6.07) is 30.1. The highest BCUT2D eigenvalue weighted by molar-refractivity contribution is 5.90. The molecule has 0 atom stereocenters. The normalized spacial score (nSPS) is 10.8. The predicted molar refractivity (Wildman–Crippen MR) is 289 cm³/mol. The molecule has 0 aliphatic carbocycles. The second-order valence-electron chi connectivity index (χ2n) is 17.0. The third-order valence-corrected chi connectivity index (χ3v) is 10.4. The van der Waals surface area contributed by atoms with Gasteiger partial charge in [-0.2, -0.15) is 0 Å². The Bertz CT molecular complexity index is 1410.